The number of sulfone groups is 1. The van der Waals surface area contributed by atoms with Gasteiger partial charge >= 0.3 is 6.09 Å². The van der Waals surface area contributed by atoms with Gasteiger partial charge in [0.2, 0.25) is 16.6 Å². The summed E-state index contributed by atoms with van der Waals surface area (Å²) in [5.41, 5.74) is 2.49. The predicted molar refractivity (Wildman–Crippen MR) is 139 cm³/mol. The summed E-state index contributed by atoms with van der Waals surface area (Å²) >= 11 is 0. The largest absolute Gasteiger partial charge is 0.469 e. The number of ether oxygens (including phenoxy) is 4. The van der Waals surface area contributed by atoms with Gasteiger partial charge in [-0.25, -0.2) is 13.2 Å². The SMILES string of the molecule is O=C(Oc1ccoc1)N(Cc1ccccc1)CC(O)CNOC1CCOC(S(=O)(=O)c2ccc3c(c2)OCO3)C1. The number of hydrogen-bond donors (Lipinski definition) is 2. The third-order valence-electron chi connectivity index (χ3n) is 6.39. The lowest BCUT2D eigenvalue weighted by atomic mass is 10.2. The second-order valence-corrected chi connectivity index (χ2v) is 11.4. The molecular weight excluding hydrogens is 544 g/mol. The fourth-order valence-electron chi connectivity index (χ4n) is 4.32. The fraction of sp³-hybridized carbons (Fsp3) is 0.370. The van der Waals surface area contributed by atoms with Crippen molar-refractivity contribution < 1.29 is 46.5 Å². The second-order valence-electron chi connectivity index (χ2n) is 9.32. The highest BCUT2D eigenvalue weighted by Crippen LogP contribution is 2.36. The summed E-state index contributed by atoms with van der Waals surface area (Å²) in [5, 5.41) is 10.7. The highest BCUT2D eigenvalue weighted by Gasteiger charge is 2.35. The lowest BCUT2D eigenvalue weighted by molar-refractivity contribution is -0.0948. The average Bonchev–Trinajstić information content (AvgIpc) is 3.65. The Kier molecular flexibility index (Phi) is 8.87. The maximum Gasteiger partial charge on any atom is 0.415 e. The average molecular weight is 575 g/mol. The lowest BCUT2D eigenvalue weighted by Crippen LogP contribution is -2.44. The second kappa shape index (κ2) is 12.7. The first-order valence-corrected chi connectivity index (χ1v) is 14.3. The molecule has 5 rings (SSSR count). The molecule has 13 heteroatoms. The molecule has 0 aliphatic carbocycles. The minimum Gasteiger partial charge on any atom is -0.469 e. The smallest absolute Gasteiger partial charge is 0.415 e. The van der Waals surface area contributed by atoms with Crippen molar-refractivity contribution in [2.75, 3.05) is 26.5 Å². The number of carbonyl (C=O) groups is 1. The van der Waals surface area contributed by atoms with Crippen LogP contribution in [0.4, 0.5) is 4.79 Å². The van der Waals surface area contributed by atoms with Gasteiger partial charge in [-0.05, 0) is 24.1 Å². The Bertz CT molecular complexity index is 1370. The van der Waals surface area contributed by atoms with Crippen molar-refractivity contribution in [1.29, 1.82) is 0 Å². The Balaban J connectivity index is 1.13. The van der Waals surface area contributed by atoms with Gasteiger partial charge < -0.3 is 33.4 Å². The first kappa shape index (κ1) is 27.9. The molecule has 2 aliphatic rings. The molecule has 3 unspecified atom stereocenters. The minimum absolute atomic E-state index is 0.0127. The zero-order chi connectivity index (χ0) is 28.0. The van der Waals surface area contributed by atoms with Crippen molar-refractivity contribution in [3.8, 4) is 17.2 Å². The molecule has 214 valence electrons. The summed E-state index contributed by atoms with van der Waals surface area (Å²) in [6, 6.07) is 15.3. The van der Waals surface area contributed by atoms with Crippen LogP contribution in [0.15, 0.2) is 76.4 Å². The summed E-state index contributed by atoms with van der Waals surface area (Å²) in [7, 11) is -3.81. The topological polar surface area (TPSA) is 146 Å². The third kappa shape index (κ3) is 6.92. The van der Waals surface area contributed by atoms with Gasteiger partial charge in [-0.2, -0.15) is 5.48 Å². The molecule has 3 heterocycles. The van der Waals surface area contributed by atoms with Crippen molar-refractivity contribution in [1.82, 2.24) is 10.4 Å². The lowest BCUT2D eigenvalue weighted by Gasteiger charge is -2.29. The molecule has 40 heavy (non-hydrogen) atoms. The minimum atomic E-state index is -3.81. The Morgan fingerprint density at radius 3 is 2.75 bits per heavy atom. The summed E-state index contributed by atoms with van der Waals surface area (Å²) in [6.45, 7) is 0.392. The molecule has 1 fully saturated rings. The number of carbonyl (C=O) groups excluding carboxylic acids is 1. The van der Waals surface area contributed by atoms with E-state index in [9.17, 15) is 18.3 Å². The summed E-state index contributed by atoms with van der Waals surface area (Å²) in [4.78, 5) is 19.9. The summed E-state index contributed by atoms with van der Waals surface area (Å²) in [5.74, 6) is 1.11. The Labute approximate surface area is 231 Å². The van der Waals surface area contributed by atoms with Crippen LogP contribution in [0.2, 0.25) is 0 Å². The molecule has 0 saturated carbocycles. The van der Waals surface area contributed by atoms with Crippen LogP contribution in [0.1, 0.15) is 18.4 Å². The highest BCUT2D eigenvalue weighted by molar-refractivity contribution is 7.92. The van der Waals surface area contributed by atoms with Crippen LogP contribution in [-0.4, -0.2) is 68.7 Å². The third-order valence-corrected chi connectivity index (χ3v) is 8.32. The maximum atomic E-state index is 13.2. The molecule has 2 aromatic carbocycles. The number of aliphatic hydroxyl groups excluding tert-OH is 1. The maximum absolute atomic E-state index is 13.2. The van der Waals surface area contributed by atoms with Crippen molar-refractivity contribution in [2.45, 2.75) is 41.9 Å². The standard InChI is InChI=1S/C27H30N2O10S/c30-20(16-29(15-19-4-2-1-3-5-19)27(31)38-22-8-10-34-17-22)14-28-39-21-9-11-35-26(12-21)40(32,33)23-6-7-24-25(13-23)37-18-36-24/h1-8,10,13,17,20-21,26,28,30H,9,11-12,14-16,18H2. The van der Waals surface area contributed by atoms with E-state index < -0.39 is 33.6 Å². The van der Waals surface area contributed by atoms with Crippen LogP contribution >= 0.6 is 0 Å². The Morgan fingerprint density at radius 2 is 1.95 bits per heavy atom. The van der Waals surface area contributed by atoms with E-state index in [2.05, 4.69) is 5.48 Å². The van der Waals surface area contributed by atoms with Crippen LogP contribution in [0, 0.1) is 0 Å². The van der Waals surface area contributed by atoms with Gasteiger partial charge in [0.1, 0.15) is 6.26 Å². The molecule has 0 bridgehead atoms. The van der Waals surface area contributed by atoms with E-state index in [1.165, 1.54) is 35.6 Å². The van der Waals surface area contributed by atoms with Gasteiger partial charge in [0, 0.05) is 31.6 Å². The van der Waals surface area contributed by atoms with E-state index >= 15 is 0 Å². The Morgan fingerprint density at radius 1 is 1.12 bits per heavy atom. The number of nitrogens with zero attached hydrogens (tertiary/aromatic N) is 1. The van der Waals surface area contributed by atoms with Crippen LogP contribution in [0.3, 0.4) is 0 Å². The van der Waals surface area contributed by atoms with Gasteiger partial charge in [-0.1, -0.05) is 30.3 Å². The number of rotatable bonds is 11. The number of aliphatic hydroxyl groups is 1. The molecule has 3 aromatic rings. The van der Waals surface area contributed by atoms with Gasteiger partial charge in [0.05, 0.1) is 36.5 Å². The molecule has 2 aliphatic heterocycles. The van der Waals surface area contributed by atoms with Crippen molar-refractivity contribution in [2.24, 2.45) is 0 Å². The van der Waals surface area contributed by atoms with Crippen LogP contribution in [-0.2, 0) is 26.0 Å². The van der Waals surface area contributed by atoms with E-state index in [0.717, 1.165) is 5.56 Å². The molecular formula is C27H30N2O10S. The number of furan rings is 1. The number of amides is 1. The van der Waals surface area contributed by atoms with Crippen LogP contribution in [0.25, 0.3) is 0 Å². The highest BCUT2D eigenvalue weighted by atomic mass is 32.2. The number of benzene rings is 2. The molecule has 0 radical (unpaired) electrons. The van der Waals surface area contributed by atoms with Crippen LogP contribution in [0.5, 0.6) is 17.2 Å². The quantitative estimate of drug-likeness (QED) is 0.326. The number of hydroxylamine groups is 1. The van der Waals surface area contributed by atoms with Gasteiger partial charge in [-0.3, -0.25) is 4.84 Å². The van der Waals surface area contributed by atoms with E-state index in [-0.39, 0.29) is 50.1 Å². The number of fused-ring (bicyclic) bond motifs is 1. The van der Waals surface area contributed by atoms with Gasteiger partial charge in [0.25, 0.3) is 0 Å². The van der Waals surface area contributed by atoms with Crippen molar-refractivity contribution in [3.63, 3.8) is 0 Å². The molecule has 2 N–H and O–H groups in total. The number of nitrogens with one attached hydrogen (secondary N) is 1. The first-order valence-electron chi connectivity index (χ1n) is 12.7. The molecule has 0 spiro atoms. The van der Waals surface area contributed by atoms with Crippen molar-refractivity contribution in [3.05, 3.63) is 72.7 Å². The van der Waals surface area contributed by atoms with Gasteiger partial charge in [0.15, 0.2) is 22.7 Å². The predicted octanol–water partition coefficient (Wildman–Crippen LogP) is 2.87. The van der Waals surface area contributed by atoms with E-state index in [4.69, 9.17) is 28.2 Å². The van der Waals surface area contributed by atoms with Gasteiger partial charge in [-0.15, -0.1) is 0 Å². The normalized spacial score (nSPS) is 19.2. The monoisotopic (exact) mass is 574 g/mol. The summed E-state index contributed by atoms with van der Waals surface area (Å²) in [6.07, 6.45) is 1.13. The molecule has 1 saturated heterocycles. The van der Waals surface area contributed by atoms with E-state index in [0.29, 0.717) is 17.9 Å². The van der Waals surface area contributed by atoms with Crippen molar-refractivity contribution >= 4 is 15.9 Å². The molecule has 3 atom stereocenters. The molecule has 1 aromatic heterocycles. The van der Waals surface area contributed by atoms with E-state index in [1.807, 2.05) is 30.3 Å². The molecule has 12 nitrogen and oxygen atoms in total. The first-order chi connectivity index (χ1) is 19.4. The molecule has 1 amide bonds. The zero-order valence-electron chi connectivity index (χ0n) is 21.5. The van der Waals surface area contributed by atoms with Crippen LogP contribution < -0.4 is 19.7 Å². The van der Waals surface area contributed by atoms with E-state index in [1.54, 1.807) is 6.07 Å². The fourth-order valence-corrected chi connectivity index (χ4v) is 5.90. The Hall–Kier alpha value is -3.62. The zero-order valence-corrected chi connectivity index (χ0v) is 22.3. The summed E-state index contributed by atoms with van der Waals surface area (Å²) < 4.78 is 52.7. The number of hydrogen-bond acceptors (Lipinski definition) is 11.